The maximum Gasteiger partial charge on any atom is 0.130 e. The summed E-state index contributed by atoms with van der Waals surface area (Å²) >= 11 is 5.72. The average molecular weight is 180 g/mol. The molecule has 1 atom stereocenters. The van der Waals surface area contributed by atoms with Crippen LogP contribution in [0.1, 0.15) is 0 Å². The van der Waals surface area contributed by atoms with Crippen molar-refractivity contribution < 1.29 is 9.22 Å². The predicted octanol–water partition coefficient (Wildman–Crippen LogP) is -0.0132. The predicted molar refractivity (Wildman–Crippen MR) is 45.4 cm³/mol. The molecule has 1 aliphatic rings. The summed E-state index contributed by atoms with van der Waals surface area (Å²) in [5.41, 5.74) is 5.29. The Labute approximate surface area is 72.6 Å². The number of alkyl halides is 1. The van der Waals surface area contributed by atoms with Crippen LogP contribution in [-0.4, -0.2) is 49.9 Å². The molecule has 66 valence electrons. The van der Waals surface area contributed by atoms with Gasteiger partial charge >= 0.3 is 0 Å². The van der Waals surface area contributed by atoms with E-state index in [-0.39, 0.29) is 5.50 Å². The molecule has 1 unspecified atom stereocenters. The Morgan fingerprint density at radius 3 is 2.55 bits per heavy atom. The molecule has 0 bridgehead atoms. The third-order valence-corrected chi connectivity index (χ3v) is 2.30. The summed E-state index contributed by atoms with van der Waals surface area (Å²) < 4.78 is 6.20. The maximum atomic E-state index is 5.72. The summed E-state index contributed by atoms with van der Waals surface area (Å²) in [7, 11) is 2.17. The van der Waals surface area contributed by atoms with E-state index in [2.05, 4.69) is 7.05 Å². The second-order valence-corrected chi connectivity index (χ2v) is 3.94. The van der Waals surface area contributed by atoms with E-state index in [0.29, 0.717) is 0 Å². The zero-order chi connectivity index (χ0) is 8.32. The Morgan fingerprint density at radius 1 is 1.55 bits per heavy atom. The van der Waals surface area contributed by atoms with E-state index in [4.69, 9.17) is 22.1 Å². The Balaban J connectivity index is 2.37. The zero-order valence-electron chi connectivity index (χ0n) is 6.92. The number of ether oxygens (including phenoxy) is 1. The summed E-state index contributed by atoms with van der Waals surface area (Å²) in [4.78, 5) is 0. The molecule has 4 heteroatoms. The number of hydrogen-bond donors (Lipinski definition) is 1. The molecule has 1 fully saturated rings. The van der Waals surface area contributed by atoms with Crippen LogP contribution in [0.2, 0.25) is 0 Å². The highest BCUT2D eigenvalue weighted by molar-refractivity contribution is 6.20. The fourth-order valence-corrected chi connectivity index (χ4v) is 1.72. The van der Waals surface area contributed by atoms with E-state index in [1.807, 2.05) is 0 Å². The van der Waals surface area contributed by atoms with Gasteiger partial charge in [0.05, 0.1) is 20.3 Å². The van der Waals surface area contributed by atoms with Gasteiger partial charge in [-0.25, -0.2) is 0 Å². The molecule has 1 saturated heterocycles. The van der Waals surface area contributed by atoms with Crippen LogP contribution in [0.5, 0.6) is 0 Å². The Hall–Kier alpha value is 0.170. The summed E-state index contributed by atoms with van der Waals surface area (Å²) in [6, 6.07) is 0. The monoisotopic (exact) mass is 179 g/mol. The Kier molecular flexibility index (Phi) is 3.13. The van der Waals surface area contributed by atoms with Crippen molar-refractivity contribution in [3.05, 3.63) is 0 Å². The minimum absolute atomic E-state index is 0.224. The molecule has 0 spiro atoms. The number of quaternary nitrogens is 1. The molecule has 0 aromatic rings. The highest BCUT2D eigenvalue weighted by atomic mass is 35.5. The molecule has 0 aromatic heterocycles. The van der Waals surface area contributed by atoms with Gasteiger partial charge in [-0.15, -0.1) is 0 Å². The van der Waals surface area contributed by atoms with Crippen molar-refractivity contribution in [3.63, 3.8) is 0 Å². The fraction of sp³-hybridized carbons (Fsp3) is 1.00. The number of morpholine rings is 1. The molecule has 0 aliphatic carbocycles. The largest absolute Gasteiger partial charge is 0.370 e. The molecule has 0 saturated carbocycles. The first-order valence-corrected chi connectivity index (χ1v) is 4.37. The molecule has 1 rings (SSSR count). The van der Waals surface area contributed by atoms with Crippen LogP contribution in [0.25, 0.3) is 0 Å². The molecule has 0 radical (unpaired) electrons. The van der Waals surface area contributed by atoms with Crippen LogP contribution in [-0.2, 0) is 4.74 Å². The molecule has 11 heavy (non-hydrogen) atoms. The lowest BCUT2D eigenvalue weighted by atomic mass is 10.3. The van der Waals surface area contributed by atoms with Gasteiger partial charge in [0.15, 0.2) is 0 Å². The Morgan fingerprint density at radius 2 is 2.09 bits per heavy atom. The molecular weight excluding hydrogens is 164 g/mol. The molecule has 2 N–H and O–H groups in total. The van der Waals surface area contributed by atoms with Crippen molar-refractivity contribution in [3.8, 4) is 0 Å². The van der Waals surface area contributed by atoms with Crippen LogP contribution >= 0.6 is 11.6 Å². The van der Waals surface area contributed by atoms with Gasteiger partial charge in [0.2, 0.25) is 0 Å². The van der Waals surface area contributed by atoms with E-state index in [0.717, 1.165) is 37.3 Å². The smallest absolute Gasteiger partial charge is 0.130 e. The number of nitrogens with two attached hydrogens (primary N) is 1. The lowest BCUT2D eigenvalue weighted by Gasteiger charge is -2.38. The van der Waals surface area contributed by atoms with Crippen molar-refractivity contribution in [2.75, 3.05) is 39.9 Å². The van der Waals surface area contributed by atoms with Gasteiger partial charge in [0, 0.05) is 0 Å². The van der Waals surface area contributed by atoms with Crippen LogP contribution < -0.4 is 5.73 Å². The van der Waals surface area contributed by atoms with Crippen molar-refractivity contribution in [2.45, 2.75) is 5.50 Å². The van der Waals surface area contributed by atoms with Crippen molar-refractivity contribution in [1.82, 2.24) is 0 Å². The summed E-state index contributed by atoms with van der Waals surface area (Å²) in [5, 5.41) is 0. The van der Waals surface area contributed by atoms with Gasteiger partial charge in [0.25, 0.3) is 0 Å². The standard InChI is InChI=1S/C7H16ClN2O/c1-10(6-7(8)9)2-4-11-5-3-10/h7H,2-6,9H2,1H3/q+1. The second kappa shape index (κ2) is 3.72. The summed E-state index contributed by atoms with van der Waals surface area (Å²) in [6.45, 7) is 4.56. The number of nitrogens with zero attached hydrogens (tertiary/aromatic N) is 1. The number of halogens is 1. The lowest BCUT2D eigenvalue weighted by molar-refractivity contribution is -0.916. The fourth-order valence-electron chi connectivity index (χ4n) is 1.39. The summed E-state index contributed by atoms with van der Waals surface area (Å²) in [5.74, 6) is 0. The molecule has 1 aliphatic heterocycles. The minimum atomic E-state index is -0.224. The zero-order valence-corrected chi connectivity index (χ0v) is 7.68. The van der Waals surface area contributed by atoms with Gasteiger partial charge in [-0.2, -0.15) is 0 Å². The van der Waals surface area contributed by atoms with E-state index < -0.39 is 0 Å². The molecule has 0 amide bonds. The topological polar surface area (TPSA) is 35.2 Å². The van der Waals surface area contributed by atoms with E-state index in [1.165, 1.54) is 0 Å². The number of rotatable bonds is 2. The number of likely N-dealkylation sites (N-methyl/N-ethyl adjacent to an activating group) is 1. The highest BCUT2D eigenvalue weighted by Crippen LogP contribution is 2.08. The quantitative estimate of drug-likeness (QED) is 0.368. The van der Waals surface area contributed by atoms with Gasteiger partial charge < -0.3 is 15.0 Å². The lowest BCUT2D eigenvalue weighted by Crippen LogP contribution is -2.55. The average Bonchev–Trinajstić information content (AvgIpc) is 1.85. The van der Waals surface area contributed by atoms with Crippen molar-refractivity contribution in [2.24, 2.45) is 5.73 Å². The van der Waals surface area contributed by atoms with Gasteiger partial charge in [-0.05, 0) is 0 Å². The van der Waals surface area contributed by atoms with Gasteiger partial charge in [0.1, 0.15) is 25.1 Å². The first kappa shape index (κ1) is 9.26. The van der Waals surface area contributed by atoms with Crippen LogP contribution in [0, 0.1) is 0 Å². The highest BCUT2D eigenvalue weighted by Gasteiger charge is 2.26. The normalized spacial score (nSPS) is 26.5. The van der Waals surface area contributed by atoms with E-state index in [1.54, 1.807) is 0 Å². The van der Waals surface area contributed by atoms with E-state index in [9.17, 15) is 0 Å². The molecule has 3 nitrogen and oxygen atoms in total. The maximum absolute atomic E-state index is 5.72. The van der Waals surface area contributed by atoms with Crippen molar-refractivity contribution in [1.29, 1.82) is 0 Å². The molecule has 1 heterocycles. The first-order valence-electron chi connectivity index (χ1n) is 3.93. The van der Waals surface area contributed by atoms with Crippen LogP contribution in [0.4, 0.5) is 0 Å². The minimum Gasteiger partial charge on any atom is -0.370 e. The first-order chi connectivity index (χ1) is 5.12. The van der Waals surface area contributed by atoms with Crippen LogP contribution in [0.3, 0.4) is 0 Å². The van der Waals surface area contributed by atoms with Crippen LogP contribution in [0.15, 0.2) is 0 Å². The molecular formula is C7H16ClN2O+. The number of hydrogen-bond acceptors (Lipinski definition) is 2. The molecule has 0 aromatic carbocycles. The SMILES string of the molecule is C[N+]1(CC(N)Cl)CCOCC1. The Bertz CT molecular complexity index is 124. The van der Waals surface area contributed by atoms with Crippen molar-refractivity contribution >= 4 is 11.6 Å². The second-order valence-electron chi connectivity index (χ2n) is 3.38. The third kappa shape index (κ3) is 2.95. The van der Waals surface area contributed by atoms with Gasteiger partial charge in [-0.1, -0.05) is 11.6 Å². The van der Waals surface area contributed by atoms with E-state index >= 15 is 0 Å². The van der Waals surface area contributed by atoms with Gasteiger partial charge in [-0.3, -0.25) is 0 Å². The summed E-state index contributed by atoms with van der Waals surface area (Å²) in [6.07, 6.45) is 0. The third-order valence-electron chi connectivity index (χ3n) is 2.17.